The van der Waals surface area contributed by atoms with Gasteiger partial charge in [-0.15, -0.1) is 0 Å². The number of quaternary nitrogens is 1. The van der Waals surface area contributed by atoms with E-state index in [-0.39, 0.29) is 30.7 Å². The zero-order chi connectivity index (χ0) is 19.8. The third kappa shape index (κ3) is 6.71. The lowest BCUT2D eigenvalue weighted by molar-refractivity contribution is -0.885. The molecule has 0 aromatic heterocycles. The van der Waals surface area contributed by atoms with Crippen molar-refractivity contribution in [1.82, 2.24) is 5.32 Å². The van der Waals surface area contributed by atoms with Crippen LogP contribution in [0.15, 0.2) is 42.5 Å². The number of ether oxygens (including phenoxy) is 1. The predicted octanol–water partition coefficient (Wildman–Crippen LogP) is 0.912. The van der Waals surface area contributed by atoms with Crippen molar-refractivity contribution in [2.75, 3.05) is 32.6 Å². The molecule has 2 amide bonds. The highest BCUT2D eigenvalue weighted by atomic mass is 19.1. The van der Waals surface area contributed by atoms with Gasteiger partial charge in [0.25, 0.3) is 5.91 Å². The number of hydrogen-bond acceptors (Lipinski definition) is 3. The number of hydrogen-bond donors (Lipinski definition) is 3. The molecule has 0 aliphatic heterocycles. The Bertz CT molecular complexity index is 794. The maximum absolute atomic E-state index is 12.8. The zero-order valence-electron chi connectivity index (χ0n) is 15.8. The molecule has 144 valence electrons. The van der Waals surface area contributed by atoms with Gasteiger partial charge in [0.05, 0.1) is 20.7 Å². The lowest BCUT2D eigenvalue weighted by Crippen LogP contribution is -3.08. The van der Waals surface area contributed by atoms with Gasteiger partial charge in [-0.2, -0.15) is 0 Å². The van der Waals surface area contributed by atoms with Gasteiger partial charge in [-0.25, -0.2) is 4.39 Å². The summed E-state index contributed by atoms with van der Waals surface area (Å²) < 4.78 is 18.2. The highest BCUT2D eigenvalue weighted by molar-refractivity contribution is 5.94. The number of amides is 2. The molecule has 2 aromatic carbocycles. The van der Waals surface area contributed by atoms with Gasteiger partial charge in [0.1, 0.15) is 18.1 Å². The van der Waals surface area contributed by atoms with Gasteiger partial charge in [0.2, 0.25) is 5.91 Å². The van der Waals surface area contributed by atoms with Crippen LogP contribution >= 0.6 is 0 Å². The molecular weight excluding hydrogens is 349 g/mol. The Hall–Kier alpha value is -2.93. The van der Waals surface area contributed by atoms with E-state index in [4.69, 9.17) is 4.74 Å². The summed E-state index contributed by atoms with van der Waals surface area (Å²) in [5.41, 5.74) is 2.63. The monoisotopic (exact) mass is 374 g/mol. The van der Waals surface area contributed by atoms with Gasteiger partial charge in [0, 0.05) is 11.3 Å². The summed E-state index contributed by atoms with van der Waals surface area (Å²) in [5.74, 6) is -0.182. The number of carbonyl (C=O) groups is 2. The molecule has 0 fully saturated rings. The Morgan fingerprint density at radius 2 is 1.81 bits per heavy atom. The largest absolute Gasteiger partial charge is 0.496 e. The Morgan fingerprint density at radius 3 is 2.48 bits per heavy atom. The Morgan fingerprint density at radius 1 is 1.11 bits per heavy atom. The molecule has 2 aromatic rings. The number of anilines is 1. The first-order valence-corrected chi connectivity index (χ1v) is 8.64. The molecule has 0 heterocycles. The molecule has 1 atom stereocenters. The molecule has 3 N–H and O–H groups in total. The summed E-state index contributed by atoms with van der Waals surface area (Å²) in [6.45, 7) is 2.71. The van der Waals surface area contributed by atoms with Crippen molar-refractivity contribution in [3.05, 3.63) is 59.4 Å². The normalized spacial score (nSPS) is 11.6. The minimum absolute atomic E-state index is 0.142. The lowest BCUT2D eigenvalue weighted by atomic mass is 10.1. The number of carbonyl (C=O) groups excluding carboxylic acids is 2. The second-order valence-electron chi connectivity index (χ2n) is 6.46. The molecule has 1 unspecified atom stereocenters. The van der Waals surface area contributed by atoms with Gasteiger partial charge in [-0.3, -0.25) is 9.59 Å². The quantitative estimate of drug-likeness (QED) is 0.643. The summed E-state index contributed by atoms with van der Waals surface area (Å²) in [6, 6.07) is 11.4. The average Bonchev–Trinajstić information content (AvgIpc) is 2.62. The van der Waals surface area contributed by atoms with Crippen LogP contribution < -0.4 is 20.3 Å². The minimum atomic E-state index is -0.377. The van der Waals surface area contributed by atoms with E-state index in [0.717, 1.165) is 21.8 Å². The Balaban J connectivity index is 1.78. The fourth-order valence-corrected chi connectivity index (χ4v) is 2.69. The highest BCUT2D eigenvalue weighted by Crippen LogP contribution is 2.18. The van der Waals surface area contributed by atoms with Crippen LogP contribution in [0.5, 0.6) is 5.75 Å². The summed E-state index contributed by atoms with van der Waals surface area (Å²) in [7, 11) is 3.52. The second kappa shape index (κ2) is 9.68. The number of halogens is 1. The molecule has 0 radical (unpaired) electrons. The van der Waals surface area contributed by atoms with Gasteiger partial charge >= 0.3 is 0 Å². The van der Waals surface area contributed by atoms with Crippen molar-refractivity contribution in [1.29, 1.82) is 0 Å². The number of rotatable bonds is 8. The van der Waals surface area contributed by atoms with Crippen LogP contribution in [0, 0.1) is 12.7 Å². The van der Waals surface area contributed by atoms with Crippen molar-refractivity contribution in [2.45, 2.75) is 13.5 Å². The standard InChI is InChI=1S/C20H24FN3O3/c1-14-4-9-18(27-3)15(10-14)12-24(2)13-20(26)22-11-19(25)23-17-7-5-16(21)6-8-17/h4-10H,11-13H2,1-3H3,(H,22,26)(H,23,25)/p+1. The Labute approximate surface area is 158 Å². The summed E-state index contributed by atoms with van der Waals surface area (Å²) in [4.78, 5) is 24.9. The first-order chi connectivity index (χ1) is 12.9. The van der Waals surface area contributed by atoms with Crippen LogP contribution in [0.2, 0.25) is 0 Å². The van der Waals surface area contributed by atoms with Gasteiger partial charge in [-0.1, -0.05) is 11.6 Å². The third-order valence-corrected chi connectivity index (χ3v) is 3.96. The highest BCUT2D eigenvalue weighted by Gasteiger charge is 2.14. The van der Waals surface area contributed by atoms with Crippen molar-refractivity contribution < 1.29 is 23.6 Å². The molecule has 0 saturated heterocycles. The SMILES string of the molecule is COc1ccc(C)cc1C[NH+](C)CC(=O)NCC(=O)Nc1ccc(F)cc1. The van der Waals surface area contributed by atoms with Gasteiger partial charge < -0.3 is 20.3 Å². The molecule has 7 heteroatoms. The first-order valence-electron chi connectivity index (χ1n) is 8.64. The number of nitrogens with one attached hydrogen (secondary N) is 3. The number of methoxy groups -OCH3 is 1. The van der Waals surface area contributed by atoms with E-state index in [1.165, 1.54) is 24.3 Å². The predicted molar refractivity (Wildman–Crippen MR) is 101 cm³/mol. The van der Waals surface area contributed by atoms with Crippen LogP contribution in [-0.2, 0) is 16.1 Å². The Kier molecular flexibility index (Phi) is 7.31. The molecule has 0 aliphatic carbocycles. The van der Waals surface area contributed by atoms with Crippen molar-refractivity contribution in [3.8, 4) is 5.75 Å². The lowest BCUT2D eigenvalue weighted by Gasteiger charge is -2.16. The molecule has 0 spiro atoms. The fraction of sp³-hybridized carbons (Fsp3) is 0.300. The summed E-state index contributed by atoms with van der Waals surface area (Å²) in [5, 5.41) is 5.19. The smallest absolute Gasteiger partial charge is 0.275 e. The van der Waals surface area contributed by atoms with Crippen molar-refractivity contribution in [2.24, 2.45) is 0 Å². The molecule has 0 bridgehead atoms. The van der Waals surface area contributed by atoms with Crippen LogP contribution in [0.4, 0.5) is 10.1 Å². The van der Waals surface area contributed by atoms with Crippen LogP contribution in [0.25, 0.3) is 0 Å². The molecule has 0 saturated carbocycles. The van der Waals surface area contributed by atoms with Crippen LogP contribution in [0.3, 0.4) is 0 Å². The van der Waals surface area contributed by atoms with E-state index in [1.807, 2.05) is 32.2 Å². The van der Waals surface area contributed by atoms with Crippen LogP contribution in [-0.4, -0.2) is 39.1 Å². The topological polar surface area (TPSA) is 71.9 Å². The second-order valence-corrected chi connectivity index (χ2v) is 6.46. The van der Waals surface area contributed by atoms with E-state index in [1.54, 1.807) is 7.11 Å². The molecule has 27 heavy (non-hydrogen) atoms. The van der Waals surface area contributed by atoms with Crippen LogP contribution in [0.1, 0.15) is 11.1 Å². The third-order valence-electron chi connectivity index (χ3n) is 3.96. The van der Waals surface area contributed by atoms with E-state index < -0.39 is 0 Å². The van der Waals surface area contributed by atoms with Gasteiger partial charge in [0.15, 0.2) is 6.54 Å². The van der Waals surface area contributed by atoms with E-state index >= 15 is 0 Å². The molecule has 0 aliphatic rings. The summed E-state index contributed by atoms with van der Waals surface area (Å²) >= 11 is 0. The summed E-state index contributed by atoms with van der Waals surface area (Å²) in [6.07, 6.45) is 0. The average molecular weight is 374 g/mol. The van der Waals surface area contributed by atoms with Crippen molar-refractivity contribution >= 4 is 17.5 Å². The number of aryl methyl sites for hydroxylation is 1. The van der Waals surface area contributed by atoms with E-state index in [9.17, 15) is 14.0 Å². The molecule has 6 nitrogen and oxygen atoms in total. The van der Waals surface area contributed by atoms with E-state index in [0.29, 0.717) is 12.2 Å². The molecule has 2 rings (SSSR count). The maximum Gasteiger partial charge on any atom is 0.275 e. The first kappa shape index (κ1) is 20.4. The zero-order valence-corrected chi connectivity index (χ0v) is 15.8. The maximum atomic E-state index is 12.8. The number of likely N-dealkylation sites (N-methyl/N-ethyl adjacent to an activating group) is 1. The van der Waals surface area contributed by atoms with Crippen molar-refractivity contribution in [3.63, 3.8) is 0 Å². The number of benzene rings is 2. The molecular formula is C20H25FN3O3+. The van der Waals surface area contributed by atoms with Gasteiger partial charge in [-0.05, 0) is 43.3 Å². The minimum Gasteiger partial charge on any atom is -0.496 e. The fourth-order valence-electron chi connectivity index (χ4n) is 2.69. The van der Waals surface area contributed by atoms with E-state index in [2.05, 4.69) is 10.6 Å².